The Labute approximate surface area is 145 Å². The summed E-state index contributed by atoms with van der Waals surface area (Å²) in [6.45, 7) is 3.00. The highest BCUT2D eigenvalue weighted by Crippen LogP contribution is 2.35. The fourth-order valence-corrected chi connectivity index (χ4v) is 3.27. The molecule has 0 unspecified atom stereocenters. The molecule has 0 bridgehead atoms. The summed E-state index contributed by atoms with van der Waals surface area (Å²) in [5, 5.41) is 0. The quantitative estimate of drug-likeness (QED) is 0.896. The Bertz CT molecular complexity index is 773. The van der Waals surface area contributed by atoms with Crippen LogP contribution in [0.25, 0.3) is 11.3 Å². The van der Waals surface area contributed by atoms with Crippen LogP contribution >= 0.6 is 0 Å². The van der Waals surface area contributed by atoms with Gasteiger partial charge in [-0.3, -0.25) is 4.79 Å². The van der Waals surface area contributed by atoms with Gasteiger partial charge in [0.25, 0.3) is 0 Å². The van der Waals surface area contributed by atoms with Crippen LogP contribution in [-0.4, -0.2) is 60.8 Å². The molecule has 0 saturated carbocycles. The Morgan fingerprint density at radius 2 is 2.16 bits per heavy atom. The van der Waals surface area contributed by atoms with Gasteiger partial charge in [0.15, 0.2) is 11.5 Å². The lowest BCUT2D eigenvalue weighted by atomic mass is 10.1. The average Bonchev–Trinajstić information content (AvgIpc) is 3.26. The Balaban J connectivity index is 1.50. The van der Waals surface area contributed by atoms with Crippen molar-refractivity contribution in [2.24, 2.45) is 0 Å². The van der Waals surface area contributed by atoms with Crippen molar-refractivity contribution in [3.63, 3.8) is 0 Å². The van der Waals surface area contributed by atoms with Gasteiger partial charge in [-0.25, -0.2) is 4.98 Å². The molecule has 3 heterocycles. The zero-order chi connectivity index (χ0) is 17.2. The molecule has 2 aliphatic heterocycles. The van der Waals surface area contributed by atoms with Crippen LogP contribution < -0.4 is 9.47 Å². The number of amides is 1. The van der Waals surface area contributed by atoms with Crippen LogP contribution in [0.2, 0.25) is 0 Å². The molecule has 2 aromatic rings. The van der Waals surface area contributed by atoms with Gasteiger partial charge in [-0.15, -0.1) is 0 Å². The Hall–Kier alpha value is -2.54. The lowest BCUT2D eigenvalue weighted by Crippen LogP contribution is -2.28. The zero-order valence-electron chi connectivity index (χ0n) is 14.2. The molecule has 1 aromatic carbocycles. The highest BCUT2D eigenvalue weighted by atomic mass is 16.6. The monoisotopic (exact) mass is 343 g/mol. The third-order valence-electron chi connectivity index (χ3n) is 4.62. The number of likely N-dealkylation sites (tertiary alicyclic amines) is 1. The van der Waals surface area contributed by atoms with E-state index >= 15 is 0 Å². The molecule has 1 aromatic heterocycles. The predicted molar refractivity (Wildman–Crippen MR) is 90.8 cm³/mol. The highest BCUT2D eigenvalue weighted by Gasteiger charge is 2.32. The summed E-state index contributed by atoms with van der Waals surface area (Å²) in [4.78, 5) is 21.8. The van der Waals surface area contributed by atoms with Crippen LogP contribution in [0.5, 0.6) is 11.5 Å². The van der Waals surface area contributed by atoms with Gasteiger partial charge in [-0.05, 0) is 18.2 Å². The van der Waals surface area contributed by atoms with Crippen LogP contribution in [0.15, 0.2) is 24.4 Å². The van der Waals surface area contributed by atoms with E-state index in [4.69, 9.17) is 14.2 Å². The summed E-state index contributed by atoms with van der Waals surface area (Å²) in [5.74, 6) is 2.61. The number of nitrogens with one attached hydrogen (secondary N) is 1. The van der Waals surface area contributed by atoms with E-state index in [2.05, 4.69) is 9.97 Å². The second-order valence-electron chi connectivity index (χ2n) is 6.27. The normalized spacial score (nSPS) is 19.5. The minimum absolute atomic E-state index is 0.0929. The van der Waals surface area contributed by atoms with E-state index in [0.29, 0.717) is 39.3 Å². The van der Waals surface area contributed by atoms with Gasteiger partial charge < -0.3 is 24.1 Å². The number of fused-ring (bicyclic) bond motifs is 1. The molecule has 0 aliphatic carbocycles. The molecule has 4 rings (SSSR count). The first-order chi connectivity index (χ1) is 12.2. The number of hydrogen-bond acceptors (Lipinski definition) is 5. The number of carbonyl (C=O) groups excluding carboxylic acids is 1. The summed E-state index contributed by atoms with van der Waals surface area (Å²) in [5.41, 5.74) is 1.90. The van der Waals surface area contributed by atoms with Crippen molar-refractivity contribution in [1.82, 2.24) is 14.9 Å². The zero-order valence-corrected chi connectivity index (χ0v) is 14.2. The van der Waals surface area contributed by atoms with Crippen molar-refractivity contribution in [2.45, 2.75) is 12.3 Å². The Morgan fingerprint density at radius 1 is 1.32 bits per heavy atom. The molecule has 0 radical (unpaired) electrons. The van der Waals surface area contributed by atoms with Crippen molar-refractivity contribution in [3.8, 4) is 22.8 Å². The highest BCUT2D eigenvalue weighted by molar-refractivity contribution is 5.79. The van der Waals surface area contributed by atoms with Crippen LogP contribution in [0.4, 0.5) is 0 Å². The van der Waals surface area contributed by atoms with Gasteiger partial charge in [0.2, 0.25) is 5.91 Å². The van der Waals surface area contributed by atoms with Crippen molar-refractivity contribution >= 4 is 5.91 Å². The predicted octanol–water partition coefficient (Wildman–Crippen LogP) is 1.81. The van der Waals surface area contributed by atoms with E-state index in [1.165, 1.54) is 0 Å². The first-order valence-electron chi connectivity index (χ1n) is 8.46. The molecule has 0 spiro atoms. The number of aromatic nitrogens is 2. The number of ether oxygens (including phenoxy) is 3. The molecule has 25 heavy (non-hydrogen) atoms. The summed E-state index contributed by atoms with van der Waals surface area (Å²) in [7, 11) is 1.64. The number of H-pyrrole nitrogens is 1. The van der Waals surface area contributed by atoms with Crippen molar-refractivity contribution < 1.29 is 19.0 Å². The third-order valence-corrected chi connectivity index (χ3v) is 4.62. The second kappa shape index (κ2) is 6.76. The van der Waals surface area contributed by atoms with Crippen molar-refractivity contribution in [3.05, 3.63) is 30.2 Å². The number of hydrogen-bond donors (Lipinski definition) is 1. The number of aromatic amines is 1. The van der Waals surface area contributed by atoms with Crippen LogP contribution in [0, 0.1) is 0 Å². The smallest absolute Gasteiger partial charge is 0.223 e. The average molecular weight is 343 g/mol. The Morgan fingerprint density at radius 3 is 3.00 bits per heavy atom. The fraction of sp³-hybridized carbons (Fsp3) is 0.444. The summed E-state index contributed by atoms with van der Waals surface area (Å²) in [6, 6.07) is 5.85. The van der Waals surface area contributed by atoms with Gasteiger partial charge in [0, 0.05) is 38.1 Å². The maximum atomic E-state index is 12.1. The molecule has 1 N–H and O–H groups in total. The Kier molecular flexibility index (Phi) is 4.31. The maximum Gasteiger partial charge on any atom is 0.223 e. The molecule has 7 nitrogen and oxygen atoms in total. The molecule has 1 saturated heterocycles. The standard InChI is InChI=1S/C18H21N3O4/c1-23-5-4-21-11-13(9-17(21)22)18-19-10-14(20-18)12-2-3-15-16(8-12)25-7-6-24-15/h2-3,8,10,13H,4-7,9,11H2,1H3,(H,19,20)/t13-/m0/s1. The summed E-state index contributed by atoms with van der Waals surface area (Å²) in [6.07, 6.45) is 2.29. The number of rotatable bonds is 5. The summed E-state index contributed by atoms with van der Waals surface area (Å²) < 4.78 is 16.2. The molecule has 132 valence electrons. The molecular formula is C18H21N3O4. The van der Waals surface area contributed by atoms with Crippen LogP contribution in [-0.2, 0) is 9.53 Å². The fourth-order valence-electron chi connectivity index (χ4n) is 3.27. The van der Waals surface area contributed by atoms with E-state index in [0.717, 1.165) is 28.6 Å². The van der Waals surface area contributed by atoms with E-state index in [1.807, 2.05) is 29.3 Å². The van der Waals surface area contributed by atoms with Crippen molar-refractivity contribution in [1.29, 1.82) is 0 Å². The van der Waals surface area contributed by atoms with Crippen LogP contribution in [0.3, 0.4) is 0 Å². The SMILES string of the molecule is COCCN1C[C@@H](c2ncc(-c3ccc4c(c3)OCCO4)[nH]2)CC1=O. The third kappa shape index (κ3) is 3.19. The van der Waals surface area contributed by atoms with Crippen molar-refractivity contribution in [2.75, 3.05) is 40.0 Å². The van der Waals surface area contributed by atoms with Gasteiger partial charge >= 0.3 is 0 Å². The number of imidazole rings is 1. The van der Waals surface area contributed by atoms with Gasteiger partial charge in [-0.2, -0.15) is 0 Å². The first-order valence-corrected chi connectivity index (χ1v) is 8.46. The number of carbonyl (C=O) groups is 1. The number of methoxy groups -OCH3 is 1. The van der Waals surface area contributed by atoms with Crippen LogP contribution in [0.1, 0.15) is 18.2 Å². The minimum Gasteiger partial charge on any atom is -0.486 e. The topological polar surface area (TPSA) is 76.7 Å². The lowest BCUT2D eigenvalue weighted by Gasteiger charge is -2.18. The van der Waals surface area contributed by atoms with Gasteiger partial charge in [-0.1, -0.05) is 0 Å². The van der Waals surface area contributed by atoms with E-state index in [9.17, 15) is 4.79 Å². The number of benzene rings is 1. The maximum absolute atomic E-state index is 12.1. The largest absolute Gasteiger partial charge is 0.486 e. The molecule has 1 atom stereocenters. The van der Waals surface area contributed by atoms with E-state index in [1.54, 1.807) is 7.11 Å². The van der Waals surface area contributed by atoms with Gasteiger partial charge in [0.05, 0.1) is 18.5 Å². The number of nitrogens with zero attached hydrogens (tertiary/aromatic N) is 2. The van der Waals surface area contributed by atoms with Gasteiger partial charge in [0.1, 0.15) is 19.0 Å². The molecule has 1 amide bonds. The molecule has 1 fully saturated rings. The van der Waals surface area contributed by atoms with E-state index in [-0.39, 0.29) is 11.8 Å². The van der Waals surface area contributed by atoms with E-state index < -0.39 is 0 Å². The molecule has 2 aliphatic rings. The first kappa shape index (κ1) is 16.0. The minimum atomic E-state index is 0.0929. The second-order valence-corrected chi connectivity index (χ2v) is 6.27. The molecular weight excluding hydrogens is 322 g/mol. The lowest BCUT2D eigenvalue weighted by molar-refractivity contribution is -0.128. The molecule has 7 heteroatoms. The summed E-state index contributed by atoms with van der Waals surface area (Å²) >= 11 is 0.